The highest BCUT2D eigenvalue weighted by Crippen LogP contribution is 2.41. The fourth-order valence-electron chi connectivity index (χ4n) is 4.29. The molecule has 4 atom stereocenters. The van der Waals surface area contributed by atoms with Crippen LogP contribution in [0.4, 0.5) is 0 Å². The van der Waals surface area contributed by atoms with Crippen molar-refractivity contribution in [1.82, 2.24) is 0 Å². The number of benzene rings is 1. The van der Waals surface area contributed by atoms with Crippen LogP contribution in [0.1, 0.15) is 56.5 Å². The van der Waals surface area contributed by atoms with Crippen molar-refractivity contribution < 1.29 is 38.3 Å². The number of esters is 1. The Morgan fingerprint density at radius 2 is 1.74 bits per heavy atom. The zero-order valence-corrected chi connectivity index (χ0v) is 25.6. The second kappa shape index (κ2) is 13.6. The summed E-state index contributed by atoms with van der Waals surface area (Å²) in [5, 5.41) is 9.57. The molecule has 1 aliphatic heterocycles. The Labute approximate surface area is 228 Å². The maximum Gasteiger partial charge on any atom is 0.342 e. The molecule has 1 saturated heterocycles. The summed E-state index contributed by atoms with van der Waals surface area (Å²) in [7, 11) is 2.94. The molecule has 0 radical (unpaired) electrons. The van der Waals surface area contributed by atoms with Gasteiger partial charge in [0.1, 0.15) is 11.3 Å². The van der Waals surface area contributed by atoms with Gasteiger partial charge in [0.25, 0.3) is 0 Å². The number of carbonyl (C=O) groups is 1. The van der Waals surface area contributed by atoms with E-state index in [1.165, 1.54) is 21.3 Å². The van der Waals surface area contributed by atoms with E-state index in [2.05, 4.69) is 32.6 Å². The first-order chi connectivity index (χ1) is 17.7. The van der Waals surface area contributed by atoms with Crippen LogP contribution >= 0.6 is 0 Å². The number of hydrogen-bond acceptors (Lipinski definition) is 8. The van der Waals surface area contributed by atoms with Gasteiger partial charge < -0.3 is 33.5 Å². The Balaban J connectivity index is 2.40. The van der Waals surface area contributed by atoms with E-state index in [4.69, 9.17) is 28.4 Å². The number of rotatable bonds is 13. The third-order valence-corrected chi connectivity index (χ3v) is 7.05. The summed E-state index contributed by atoms with van der Waals surface area (Å²) in [5.41, 5.74) is 0.804. The van der Waals surface area contributed by atoms with Crippen molar-refractivity contribution in [3.05, 3.63) is 35.4 Å². The average molecular weight is 551 g/mol. The van der Waals surface area contributed by atoms with Gasteiger partial charge in [-0.2, -0.15) is 0 Å². The molecule has 0 aliphatic carbocycles. The molecule has 1 aromatic rings. The molecular weight excluding hydrogens is 504 g/mol. The second-order valence-corrected chi connectivity index (χ2v) is 16.8. The number of methoxy groups -OCH3 is 3. The van der Waals surface area contributed by atoms with Crippen molar-refractivity contribution in [3.8, 4) is 17.2 Å². The first kappa shape index (κ1) is 31.9. The van der Waals surface area contributed by atoms with Crippen LogP contribution in [0.15, 0.2) is 24.3 Å². The second-order valence-electron chi connectivity index (χ2n) is 11.4. The summed E-state index contributed by atoms with van der Waals surface area (Å²) in [4.78, 5) is 13.3. The lowest BCUT2D eigenvalue weighted by molar-refractivity contribution is -0.148. The first-order valence-electron chi connectivity index (χ1n) is 13.1. The molecule has 1 unspecified atom stereocenters. The molecule has 0 amide bonds. The van der Waals surface area contributed by atoms with Crippen LogP contribution in [0.5, 0.6) is 17.2 Å². The number of carbonyl (C=O) groups excluding carboxylic acids is 1. The van der Waals surface area contributed by atoms with Crippen molar-refractivity contribution in [3.63, 3.8) is 0 Å². The van der Waals surface area contributed by atoms with Gasteiger partial charge in [0, 0.05) is 17.5 Å². The van der Waals surface area contributed by atoms with E-state index in [1.54, 1.807) is 13.0 Å². The Morgan fingerprint density at radius 1 is 1.08 bits per heavy atom. The summed E-state index contributed by atoms with van der Waals surface area (Å²) in [6.45, 7) is 14.0. The minimum Gasteiger partial charge on any atom is -0.496 e. The molecule has 8 nitrogen and oxygen atoms in total. The van der Waals surface area contributed by atoms with Gasteiger partial charge in [-0.25, -0.2) is 4.79 Å². The summed E-state index contributed by atoms with van der Waals surface area (Å²) in [5.74, 6) is 0.0903. The summed E-state index contributed by atoms with van der Waals surface area (Å²) >= 11 is 0. The van der Waals surface area contributed by atoms with Crippen LogP contribution in [0, 0.1) is 5.92 Å². The van der Waals surface area contributed by atoms with E-state index in [0.29, 0.717) is 41.9 Å². The van der Waals surface area contributed by atoms with Crippen LogP contribution in [-0.2, 0) is 14.2 Å². The van der Waals surface area contributed by atoms with Crippen molar-refractivity contribution in [2.24, 2.45) is 5.92 Å². The minimum absolute atomic E-state index is 0.0764. The molecular formula is C29H46O8Si. The molecule has 0 aromatic heterocycles. The zero-order chi connectivity index (χ0) is 28.7. The van der Waals surface area contributed by atoms with E-state index in [9.17, 15) is 9.90 Å². The van der Waals surface area contributed by atoms with E-state index in [0.717, 1.165) is 0 Å². The van der Waals surface area contributed by atoms with Gasteiger partial charge in [-0.15, -0.1) is 0 Å². The van der Waals surface area contributed by atoms with Gasteiger partial charge in [0.2, 0.25) is 0 Å². The molecule has 1 aliphatic rings. The van der Waals surface area contributed by atoms with E-state index in [1.807, 2.05) is 32.1 Å². The third kappa shape index (κ3) is 8.86. The van der Waals surface area contributed by atoms with E-state index < -0.39 is 25.9 Å². The van der Waals surface area contributed by atoms with Crippen LogP contribution in [0.3, 0.4) is 0 Å². The molecule has 1 N–H and O–H groups in total. The summed E-state index contributed by atoms with van der Waals surface area (Å²) < 4.78 is 34.9. The van der Waals surface area contributed by atoms with Gasteiger partial charge in [-0.05, 0) is 33.6 Å². The fourth-order valence-corrected chi connectivity index (χ4v) is 4.86. The van der Waals surface area contributed by atoms with Crippen molar-refractivity contribution in [2.45, 2.75) is 84.3 Å². The molecule has 0 bridgehead atoms. The molecule has 2 rings (SSSR count). The van der Waals surface area contributed by atoms with Crippen molar-refractivity contribution in [2.75, 3.05) is 27.6 Å². The van der Waals surface area contributed by atoms with Gasteiger partial charge in [0.05, 0.1) is 53.9 Å². The standard InChI is InChI=1S/C29H46O8Si/c1-19(13-11-14-20(2)30)26-22(36-29(3,4)37-26)16-12-15-21-25(28(31)35-18-38(8,9)10)23(32-5)17-24(33-6)27(21)34-7/h11-13,15,17,19-20,22,26,30H,14,16,18H2,1-10H3/b13-11-,15-12+/t19?,20-,22+,26-/m1/s1. The van der Waals surface area contributed by atoms with Crippen LogP contribution in [0.2, 0.25) is 19.6 Å². The summed E-state index contributed by atoms with van der Waals surface area (Å²) in [6.07, 6.45) is 8.53. The lowest BCUT2D eigenvalue weighted by atomic mass is 9.96. The topological polar surface area (TPSA) is 92.7 Å². The Bertz CT molecular complexity index is 993. The smallest absolute Gasteiger partial charge is 0.342 e. The normalized spacial score (nSPS) is 21.0. The van der Waals surface area contributed by atoms with Crippen LogP contribution in [-0.4, -0.2) is 70.8 Å². The number of ether oxygens (including phenoxy) is 6. The third-order valence-electron chi connectivity index (χ3n) is 6.04. The molecule has 1 heterocycles. The van der Waals surface area contributed by atoms with Gasteiger partial charge in [-0.1, -0.05) is 50.9 Å². The predicted molar refractivity (Wildman–Crippen MR) is 152 cm³/mol. The first-order valence-corrected chi connectivity index (χ1v) is 16.8. The van der Waals surface area contributed by atoms with Crippen molar-refractivity contribution in [1.29, 1.82) is 0 Å². The molecule has 214 valence electrons. The molecule has 1 aromatic carbocycles. The molecule has 0 spiro atoms. The lowest BCUT2D eigenvalue weighted by Crippen LogP contribution is -2.30. The highest BCUT2D eigenvalue weighted by Gasteiger charge is 2.42. The molecule has 0 saturated carbocycles. The Hall–Kier alpha value is -2.33. The Kier molecular flexibility index (Phi) is 11.4. The van der Waals surface area contributed by atoms with Crippen molar-refractivity contribution >= 4 is 20.1 Å². The zero-order valence-electron chi connectivity index (χ0n) is 24.6. The largest absolute Gasteiger partial charge is 0.496 e. The molecule has 1 fully saturated rings. The highest BCUT2D eigenvalue weighted by atomic mass is 28.3. The van der Waals surface area contributed by atoms with E-state index in [-0.39, 0.29) is 23.7 Å². The van der Waals surface area contributed by atoms with Gasteiger partial charge in [0.15, 0.2) is 17.3 Å². The Morgan fingerprint density at radius 3 is 2.29 bits per heavy atom. The molecule has 9 heteroatoms. The quantitative estimate of drug-likeness (QED) is 0.192. The fraction of sp³-hybridized carbons (Fsp3) is 0.621. The summed E-state index contributed by atoms with van der Waals surface area (Å²) in [6, 6.07) is 1.63. The van der Waals surface area contributed by atoms with Crippen LogP contribution in [0.25, 0.3) is 6.08 Å². The predicted octanol–water partition coefficient (Wildman–Crippen LogP) is 5.63. The SMILES string of the molecule is COc1cc(OC)c(C(=O)OC[Si](C)(C)C)c(/C=C/C[C@@H]2OC(C)(C)O[C@@H]2C(C)/C=C\C[C@@H](C)O)c1OC. The highest BCUT2D eigenvalue weighted by molar-refractivity contribution is 6.76. The van der Waals surface area contributed by atoms with E-state index >= 15 is 0 Å². The number of aliphatic hydroxyl groups is 1. The van der Waals surface area contributed by atoms with Gasteiger partial charge >= 0.3 is 5.97 Å². The van der Waals surface area contributed by atoms with Crippen LogP contribution < -0.4 is 14.2 Å². The van der Waals surface area contributed by atoms with Gasteiger partial charge in [-0.3, -0.25) is 0 Å². The number of aliphatic hydroxyl groups excluding tert-OH is 1. The molecule has 38 heavy (non-hydrogen) atoms. The lowest BCUT2D eigenvalue weighted by Gasteiger charge is -2.21. The number of hydrogen-bond donors (Lipinski definition) is 1. The average Bonchev–Trinajstić information content (AvgIpc) is 3.15. The minimum atomic E-state index is -1.64. The maximum absolute atomic E-state index is 13.3. The monoisotopic (exact) mass is 550 g/mol. The maximum atomic E-state index is 13.3.